The van der Waals surface area contributed by atoms with Gasteiger partial charge >= 0.3 is 6.09 Å². The number of nitrogens with zero attached hydrogens (tertiary/aromatic N) is 2. The molecule has 1 heterocycles. The van der Waals surface area contributed by atoms with E-state index in [0.717, 1.165) is 29.0 Å². The minimum atomic E-state index is -0.453. The summed E-state index contributed by atoms with van der Waals surface area (Å²) in [5.41, 5.74) is 0.640. The van der Waals surface area contributed by atoms with E-state index in [2.05, 4.69) is 26.9 Å². The summed E-state index contributed by atoms with van der Waals surface area (Å²) < 4.78 is 11.7. The van der Waals surface area contributed by atoms with Crippen molar-refractivity contribution in [3.63, 3.8) is 0 Å². The molecule has 1 fully saturated rings. The molecule has 1 aromatic carbocycles. The smallest absolute Gasteiger partial charge is 0.410 e. The van der Waals surface area contributed by atoms with Gasteiger partial charge in [0, 0.05) is 42.4 Å². The molecule has 22 heavy (non-hydrogen) atoms. The summed E-state index contributed by atoms with van der Waals surface area (Å²) in [6.07, 6.45) is -0.237. The molecule has 0 spiro atoms. The highest BCUT2D eigenvalue weighted by atomic mass is 79.9. The highest BCUT2D eigenvalue weighted by Crippen LogP contribution is 2.28. The Kier molecular flexibility index (Phi) is 5.21. The van der Waals surface area contributed by atoms with Crippen molar-refractivity contribution in [2.24, 2.45) is 0 Å². The summed E-state index contributed by atoms with van der Waals surface area (Å²) in [6, 6.07) is 6.00. The van der Waals surface area contributed by atoms with Crippen molar-refractivity contribution >= 4 is 27.7 Å². The molecule has 0 saturated carbocycles. The van der Waals surface area contributed by atoms with Gasteiger partial charge in [0.1, 0.15) is 11.4 Å². The molecule has 0 bridgehead atoms. The third kappa shape index (κ3) is 4.53. The molecule has 0 N–H and O–H groups in total. The third-order valence-corrected chi connectivity index (χ3v) is 3.85. The molecule has 0 radical (unpaired) electrons. The van der Waals surface area contributed by atoms with Crippen molar-refractivity contribution in [2.45, 2.75) is 26.4 Å². The zero-order chi connectivity index (χ0) is 16.3. The number of methoxy groups -OCH3 is 1. The summed E-state index contributed by atoms with van der Waals surface area (Å²) in [5, 5.41) is 0. The van der Waals surface area contributed by atoms with E-state index in [1.807, 2.05) is 32.9 Å². The van der Waals surface area contributed by atoms with Crippen molar-refractivity contribution in [2.75, 3.05) is 38.2 Å². The number of carbonyl (C=O) groups is 1. The minimum Gasteiger partial charge on any atom is -0.497 e. The van der Waals surface area contributed by atoms with Crippen molar-refractivity contribution in [3.05, 3.63) is 22.7 Å². The Morgan fingerprint density at radius 1 is 1.14 bits per heavy atom. The molecule has 6 heteroatoms. The van der Waals surface area contributed by atoms with Crippen LogP contribution in [0.5, 0.6) is 5.75 Å². The number of ether oxygens (including phenoxy) is 2. The fourth-order valence-electron chi connectivity index (χ4n) is 2.32. The van der Waals surface area contributed by atoms with Crippen LogP contribution in [0.25, 0.3) is 0 Å². The number of carbonyl (C=O) groups excluding carboxylic acids is 1. The van der Waals surface area contributed by atoms with Gasteiger partial charge in [-0.05, 0) is 32.9 Å². The number of piperazine rings is 1. The number of rotatable bonds is 2. The summed E-state index contributed by atoms with van der Waals surface area (Å²) >= 11 is 3.50. The zero-order valence-corrected chi connectivity index (χ0v) is 15.1. The van der Waals surface area contributed by atoms with Crippen LogP contribution < -0.4 is 9.64 Å². The maximum Gasteiger partial charge on any atom is 0.410 e. The minimum absolute atomic E-state index is 0.237. The van der Waals surface area contributed by atoms with Crippen LogP contribution in [0, 0.1) is 0 Å². The van der Waals surface area contributed by atoms with E-state index in [1.54, 1.807) is 12.0 Å². The SMILES string of the molecule is COc1cc(Br)cc(N2CCN(C(=O)OC(C)(C)C)CC2)c1. The maximum absolute atomic E-state index is 12.1. The van der Waals surface area contributed by atoms with Crippen LogP contribution in [0.1, 0.15) is 20.8 Å². The monoisotopic (exact) mass is 370 g/mol. The second-order valence-electron chi connectivity index (χ2n) is 6.30. The Bertz CT molecular complexity index is 535. The quantitative estimate of drug-likeness (QED) is 0.798. The average molecular weight is 371 g/mol. The van der Waals surface area contributed by atoms with Crippen LogP contribution in [0.4, 0.5) is 10.5 Å². The third-order valence-electron chi connectivity index (χ3n) is 3.39. The van der Waals surface area contributed by atoms with Gasteiger partial charge in [-0.1, -0.05) is 15.9 Å². The standard InChI is InChI=1S/C16H23BrN2O3/c1-16(2,3)22-15(20)19-7-5-18(6-8-19)13-9-12(17)10-14(11-13)21-4/h9-11H,5-8H2,1-4H3. The lowest BCUT2D eigenvalue weighted by Gasteiger charge is -2.36. The molecule has 1 aliphatic heterocycles. The number of benzene rings is 1. The maximum atomic E-state index is 12.1. The Morgan fingerprint density at radius 2 is 1.77 bits per heavy atom. The van der Waals surface area contributed by atoms with E-state index in [1.165, 1.54) is 0 Å². The second-order valence-corrected chi connectivity index (χ2v) is 7.22. The van der Waals surface area contributed by atoms with Gasteiger partial charge in [0.25, 0.3) is 0 Å². The predicted octanol–water partition coefficient (Wildman–Crippen LogP) is 3.51. The lowest BCUT2D eigenvalue weighted by atomic mass is 10.2. The van der Waals surface area contributed by atoms with Gasteiger partial charge < -0.3 is 19.3 Å². The molecule has 1 aliphatic rings. The first-order chi connectivity index (χ1) is 10.3. The summed E-state index contributed by atoms with van der Waals surface area (Å²) in [4.78, 5) is 16.1. The lowest BCUT2D eigenvalue weighted by Crippen LogP contribution is -2.50. The Morgan fingerprint density at radius 3 is 2.32 bits per heavy atom. The number of hydrogen-bond acceptors (Lipinski definition) is 4. The Hall–Kier alpha value is -1.43. The van der Waals surface area contributed by atoms with Gasteiger partial charge in [-0.2, -0.15) is 0 Å². The fourth-order valence-corrected chi connectivity index (χ4v) is 2.78. The first-order valence-corrected chi connectivity index (χ1v) is 8.15. The first-order valence-electron chi connectivity index (χ1n) is 7.36. The predicted molar refractivity (Wildman–Crippen MR) is 90.7 cm³/mol. The number of anilines is 1. The fraction of sp³-hybridized carbons (Fsp3) is 0.562. The van der Waals surface area contributed by atoms with Gasteiger partial charge in [-0.25, -0.2) is 4.79 Å². The molecule has 5 nitrogen and oxygen atoms in total. The van der Waals surface area contributed by atoms with Crippen LogP contribution in [0.2, 0.25) is 0 Å². The largest absolute Gasteiger partial charge is 0.497 e. The number of halogens is 1. The second kappa shape index (κ2) is 6.77. The molecule has 0 aromatic heterocycles. The molecule has 0 atom stereocenters. The van der Waals surface area contributed by atoms with Crippen LogP contribution in [0.3, 0.4) is 0 Å². The molecule has 2 rings (SSSR count). The summed E-state index contributed by atoms with van der Waals surface area (Å²) in [6.45, 7) is 8.52. The van der Waals surface area contributed by atoms with Gasteiger partial charge in [-0.3, -0.25) is 0 Å². The average Bonchev–Trinajstić information content (AvgIpc) is 2.45. The van der Waals surface area contributed by atoms with E-state index in [4.69, 9.17) is 9.47 Å². The Labute approximate surface area is 140 Å². The van der Waals surface area contributed by atoms with E-state index < -0.39 is 5.60 Å². The number of hydrogen-bond donors (Lipinski definition) is 0. The topological polar surface area (TPSA) is 42.0 Å². The van der Waals surface area contributed by atoms with E-state index in [0.29, 0.717) is 13.1 Å². The highest BCUT2D eigenvalue weighted by molar-refractivity contribution is 9.10. The zero-order valence-electron chi connectivity index (χ0n) is 13.6. The molecular weight excluding hydrogens is 348 g/mol. The van der Waals surface area contributed by atoms with Gasteiger partial charge in [0.2, 0.25) is 0 Å². The van der Waals surface area contributed by atoms with Crippen molar-refractivity contribution < 1.29 is 14.3 Å². The van der Waals surface area contributed by atoms with E-state index in [9.17, 15) is 4.79 Å². The van der Waals surface area contributed by atoms with Crippen LogP contribution in [-0.2, 0) is 4.74 Å². The molecule has 0 unspecified atom stereocenters. The van der Waals surface area contributed by atoms with Crippen LogP contribution >= 0.6 is 15.9 Å². The van der Waals surface area contributed by atoms with Gasteiger partial charge in [0.05, 0.1) is 7.11 Å². The molecule has 0 aliphatic carbocycles. The molecule has 1 amide bonds. The van der Waals surface area contributed by atoms with Crippen molar-refractivity contribution in [3.8, 4) is 5.75 Å². The molecule has 122 valence electrons. The first kappa shape index (κ1) is 16.9. The van der Waals surface area contributed by atoms with Crippen molar-refractivity contribution in [1.82, 2.24) is 4.90 Å². The molecule has 1 saturated heterocycles. The van der Waals surface area contributed by atoms with Gasteiger partial charge in [-0.15, -0.1) is 0 Å². The van der Waals surface area contributed by atoms with Gasteiger partial charge in [0.15, 0.2) is 0 Å². The highest BCUT2D eigenvalue weighted by Gasteiger charge is 2.26. The summed E-state index contributed by atoms with van der Waals surface area (Å²) in [5.74, 6) is 0.818. The lowest BCUT2D eigenvalue weighted by molar-refractivity contribution is 0.0240. The summed E-state index contributed by atoms with van der Waals surface area (Å²) in [7, 11) is 1.66. The normalized spacial score (nSPS) is 15.7. The molecular formula is C16H23BrN2O3. The van der Waals surface area contributed by atoms with E-state index >= 15 is 0 Å². The van der Waals surface area contributed by atoms with Crippen molar-refractivity contribution in [1.29, 1.82) is 0 Å². The van der Waals surface area contributed by atoms with Crippen LogP contribution in [0.15, 0.2) is 22.7 Å². The Balaban J connectivity index is 1.97. The van der Waals surface area contributed by atoms with E-state index in [-0.39, 0.29) is 6.09 Å². The van der Waals surface area contributed by atoms with Crippen LogP contribution in [-0.4, -0.2) is 49.9 Å². The number of amides is 1. The molecule has 1 aromatic rings.